The highest BCUT2D eigenvalue weighted by Gasteiger charge is 2.19. The number of nitrogens with zero attached hydrogens (tertiary/aromatic N) is 2. The lowest BCUT2D eigenvalue weighted by Gasteiger charge is -2.11. The van der Waals surface area contributed by atoms with Crippen LogP contribution in [0.5, 0.6) is 11.5 Å². The molecule has 1 N–H and O–H groups in total. The van der Waals surface area contributed by atoms with Gasteiger partial charge in [-0.05, 0) is 50.6 Å². The van der Waals surface area contributed by atoms with Gasteiger partial charge in [0, 0.05) is 18.7 Å². The van der Waals surface area contributed by atoms with E-state index < -0.39 is 0 Å². The maximum Gasteiger partial charge on any atom is 0.197 e. The molecule has 0 fully saturated rings. The van der Waals surface area contributed by atoms with E-state index in [-0.39, 0.29) is 6.10 Å². The van der Waals surface area contributed by atoms with Gasteiger partial charge in [0.15, 0.2) is 4.96 Å². The fourth-order valence-electron chi connectivity index (χ4n) is 3.41. The second kappa shape index (κ2) is 8.93. The summed E-state index contributed by atoms with van der Waals surface area (Å²) in [6.45, 7) is 5.63. The molecule has 0 aliphatic rings. The first-order valence-corrected chi connectivity index (χ1v) is 10.9. The Bertz CT molecular complexity index is 1150. The first-order chi connectivity index (χ1) is 14.6. The van der Waals surface area contributed by atoms with Crippen molar-refractivity contribution in [2.75, 3.05) is 32.7 Å². The molecular formula is C23H27N3O3S. The zero-order chi connectivity index (χ0) is 21.1. The molecule has 6 nitrogen and oxygen atoms in total. The topological polar surface area (TPSA) is 57.0 Å². The second-order valence-electron chi connectivity index (χ2n) is 7.29. The molecule has 7 heteroatoms. The molecule has 30 heavy (non-hydrogen) atoms. The number of hydrogen-bond acceptors (Lipinski definition) is 6. The van der Waals surface area contributed by atoms with Gasteiger partial charge in [-0.3, -0.25) is 4.40 Å². The molecule has 0 aliphatic carbocycles. The summed E-state index contributed by atoms with van der Waals surface area (Å²) in [7, 11) is 3.37. The molecule has 0 bridgehead atoms. The van der Waals surface area contributed by atoms with E-state index in [1.807, 2.05) is 24.3 Å². The van der Waals surface area contributed by atoms with Crippen molar-refractivity contribution >= 4 is 32.3 Å². The van der Waals surface area contributed by atoms with Gasteiger partial charge in [0.2, 0.25) is 0 Å². The quantitative estimate of drug-likeness (QED) is 0.361. The van der Waals surface area contributed by atoms with E-state index in [0.29, 0.717) is 0 Å². The van der Waals surface area contributed by atoms with E-state index >= 15 is 0 Å². The molecule has 0 unspecified atom stereocenters. The number of methoxy groups -OCH3 is 2. The number of fused-ring (bicyclic) bond motifs is 3. The number of anilines is 1. The molecule has 0 radical (unpaired) electrons. The van der Waals surface area contributed by atoms with E-state index in [9.17, 15) is 0 Å². The van der Waals surface area contributed by atoms with Gasteiger partial charge in [0.25, 0.3) is 0 Å². The van der Waals surface area contributed by atoms with Crippen LogP contribution in [0, 0.1) is 0 Å². The fraction of sp³-hybridized carbons (Fsp3) is 0.348. The SMILES string of the molecule is COc1cccc(-c2nc3sc4cc(OC)ccc4n3c2NCCCOC(C)C)c1. The molecule has 2 aromatic carbocycles. The van der Waals surface area contributed by atoms with Crippen molar-refractivity contribution < 1.29 is 14.2 Å². The molecular weight excluding hydrogens is 398 g/mol. The van der Waals surface area contributed by atoms with Crippen LogP contribution in [0.25, 0.3) is 26.4 Å². The van der Waals surface area contributed by atoms with Gasteiger partial charge in [0.1, 0.15) is 23.0 Å². The maximum atomic E-state index is 5.68. The first kappa shape index (κ1) is 20.5. The van der Waals surface area contributed by atoms with Crippen molar-refractivity contribution in [3.63, 3.8) is 0 Å². The maximum absolute atomic E-state index is 5.68. The summed E-state index contributed by atoms with van der Waals surface area (Å²) in [5.41, 5.74) is 3.05. The molecule has 0 saturated heterocycles. The number of thiazole rings is 1. The van der Waals surface area contributed by atoms with Crippen molar-refractivity contribution in [1.82, 2.24) is 9.38 Å². The van der Waals surface area contributed by atoms with Crippen molar-refractivity contribution in [2.24, 2.45) is 0 Å². The van der Waals surface area contributed by atoms with Crippen molar-refractivity contribution in [3.8, 4) is 22.8 Å². The Morgan fingerprint density at radius 1 is 1.07 bits per heavy atom. The number of benzene rings is 2. The van der Waals surface area contributed by atoms with Crippen molar-refractivity contribution in [3.05, 3.63) is 42.5 Å². The number of rotatable bonds is 9. The van der Waals surface area contributed by atoms with Gasteiger partial charge in [0.05, 0.1) is 30.5 Å². The number of ether oxygens (including phenoxy) is 3. The van der Waals surface area contributed by atoms with Crippen LogP contribution in [-0.4, -0.2) is 42.9 Å². The molecule has 4 rings (SSSR count). The van der Waals surface area contributed by atoms with E-state index in [1.54, 1.807) is 25.6 Å². The fourth-order valence-corrected chi connectivity index (χ4v) is 4.46. The van der Waals surface area contributed by atoms with E-state index in [4.69, 9.17) is 19.2 Å². The van der Waals surface area contributed by atoms with Gasteiger partial charge in [-0.1, -0.05) is 23.5 Å². The second-order valence-corrected chi connectivity index (χ2v) is 8.30. The average Bonchev–Trinajstić information content (AvgIpc) is 3.29. The number of hydrogen-bond donors (Lipinski definition) is 1. The van der Waals surface area contributed by atoms with Crippen LogP contribution in [0.15, 0.2) is 42.5 Å². The van der Waals surface area contributed by atoms with Gasteiger partial charge in [-0.15, -0.1) is 0 Å². The molecule has 0 amide bonds. The Morgan fingerprint density at radius 2 is 1.87 bits per heavy atom. The molecule has 0 atom stereocenters. The van der Waals surface area contributed by atoms with Crippen molar-refractivity contribution in [2.45, 2.75) is 26.4 Å². The first-order valence-electron chi connectivity index (χ1n) is 10.1. The smallest absolute Gasteiger partial charge is 0.197 e. The van der Waals surface area contributed by atoms with Gasteiger partial charge >= 0.3 is 0 Å². The van der Waals surface area contributed by atoms with Crippen molar-refractivity contribution in [1.29, 1.82) is 0 Å². The van der Waals surface area contributed by atoms with Crippen LogP contribution in [0.3, 0.4) is 0 Å². The molecule has 158 valence electrons. The normalized spacial score (nSPS) is 11.5. The minimum absolute atomic E-state index is 0.245. The zero-order valence-corrected chi connectivity index (χ0v) is 18.6. The third-order valence-corrected chi connectivity index (χ3v) is 5.87. The van der Waals surface area contributed by atoms with Gasteiger partial charge < -0.3 is 19.5 Å². The minimum atomic E-state index is 0.245. The minimum Gasteiger partial charge on any atom is -0.497 e. The highest BCUT2D eigenvalue weighted by molar-refractivity contribution is 7.23. The predicted molar refractivity (Wildman–Crippen MR) is 123 cm³/mol. The van der Waals surface area contributed by atoms with Crippen LogP contribution in [0.4, 0.5) is 5.82 Å². The summed E-state index contributed by atoms with van der Waals surface area (Å²) in [6.07, 6.45) is 1.16. The lowest BCUT2D eigenvalue weighted by Crippen LogP contribution is -2.10. The van der Waals surface area contributed by atoms with Crippen LogP contribution in [0.1, 0.15) is 20.3 Å². The average molecular weight is 426 g/mol. The molecule has 0 saturated carbocycles. The lowest BCUT2D eigenvalue weighted by molar-refractivity contribution is 0.0787. The highest BCUT2D eigenvalue weighted by atomic mass is 32.1. The summed E-state index contributed by atoms with van der Waals surface area (Å²) in [6, 6.07) is 14.1. The van der Waals surface area contributed by atoms with Gasteiger partial charge in [-0.25, -0.2) is 4.98 Å². The summed E-state index contributed by atoms with van der Waals surface area (Å²) < 4.78 is 19.8. The Balaban J connectivity index is 1.75. The summed E-state index contributed by atoms with van der Waals surface area (Å²) in [4.78, 5) is 5.91. The third kappa shape index (κ3) is 4.08. The summed E-state index contributed by atoms with van der Waals surface area (Å²) in [5, 5.41) is 3.61. The zero-order valence-electron chi connectivity index (χ0n) is 17.8. The predicted octanol–water partition coefficient (Wildman–Crippen LogP) is 5.46. The van der Waals surface area contributed by atoms with E-state index in [1.165, 1.54) is 0 Å². The number of imidazole rings is 1. The monoisotopic (exact) mass is 425 g/mol. The Morgan fingerprint density at radius 3 is 2.63 bits per heavy atom. The number of nitrogens with one attached hydrogen (secondary N) is 1. The van der Waals surface area contributed by atoms with Crippen LogP contribution in [-0.2, 0) is 4.74 Å². The molecule has 2 aromatic heterocycles. The summed E-state index contributed by atoms with van der Waals surface area (Å²) in [5.74, 6) is 2.65. The molecule has 0 spiro atoms. The van der Waals surface area contributed by atoms with Gasteiger partial charge in [-0.2, -0.15) is 0 Å². The molecule has 0 aliphatic heterocycles. The standard InChI is InChI=1S/C23H27N3O3S/c1-15(2)29-12-6-11-24-22-21(16-7-5-8-17(13-16)27-3)25-23-26(22)19-10-9-18(28-4)14-20(19)30-23/h5,7-10,13-15,24H,6,11-12H2,1-4H3. The van der Waals surface area contributed by atoms with Crippen LogP contribution >= 0.6 is 11.3 Å². The Kier molecular flexibility index (Phi) is 6.11. The number of aromatic nitrogens is 2. The van der Waals surface area contributed by atoms with E-state index in [0.717, 1.165) is 63.3 Å². The highest BCUT2D eigenvalue weighted by Crippen LogP contribution is 2.38. The third-order valence-electron chi connectivity index (χ3n) is 4.86. The van der Waals surface area contributed by atoms with Crippen LogP contribution < -0.4 is 14.8 Å². The van der Waals surface area contributed by atoms with E-state index in [2.05, 4.69) is 41.8 Å². The Labute approximate surface area is 180 Å². The van der Waals surface area contributed by atoms with Crippen LogP contribution in [0.2, 0.25) is 0 Å². The largest absolute Gasteiger partial charge is 0.497 e. The Hall–Kier alpha value is -2.77. The molecule has 4 aromatic rings. The summed E-state index contributed by atoms with van der Waals surface area (Å²) >= 11 is 1.65. The molecule has 2 heterocycles. The lowest BCUT2D eigenvalue weighted by atomic mass is 10.1.